The average molecular weight is 425 g/mol. The molecule has 2 heterocycles. The summed E-state index contributed by atoms with van der Waals surface area (Å²) in [5, 5.41) is 9.28. The molecule has 0 bridgehead atoms. The molecule has 0 radical (unpaired) electrons. The number of hydrogen-bond donors (Lipinski definition) is 1. The first-order valence-corrected chi connectivity index (χ1v) is 12.1. The number of hydrogen-bond acceptors (Lipinski definition) is 4. The second kappa shape index (κ2) is 9.51. The predicted octanol–water partition coefficient (Wildman–Crippen LogP) is 3.82. The van der Waals surface area contributed by atoms with Crippen LogP contribution in [0.5, 0.6) is 0 Å². The molecule has 1 aliphatic heterocycles. The molecule has 1 atom stereocenters. The van der Waals surface area contributed by atoms with E-state index in [9.17, 15) is 9.59 Å². The van der Waals surface area contributed by atoms with Crippen molar-refractivity contribution in [2.75, 3.05) is 19.6 Å². The van der Waals surface area contributed by atoms with Crippen molar-refractivity contribution in [3.05, 3.63) is 40.3 Å². The maximum absolute atomic E-state index is 13.3. The van der Waals surface area contributed by atoms with Crippen molar-refractivity contribution >= 4 is 16.7 Å². The Morgan fingerprint density at radius 2 is 1.71 bits per heavy atom. The molecular weight excluding hydrogens is 388 g/mol. The Bertz CT molecular complexity index is 971. The van der Waals surface area contributed by atoms with E-state index in [0.29, 0.717) is 24.2 Å². The summed E-state index contributed by atoms with van der Waals surface area (Å²) in [4.78, 5) is 28.6. The highest BCUT2D eigenvalue weighted by atomic mass is 16.2. The Balaban J connectivity index is 1.56. The molecule has 168 valence electrons. The first-order valence-electron chi connectivity index (χ1n) is 12.1. The number of carbonyl (C=O) groups excluding carboxylic acids is 1. The van der Waals surface area contributed by atoms with Gasteiger partial charge in [0.15, 0.2) is 0 Å². The van der Waals surface area contributed by atoms with Crippen LogP contribution >= 0.6 is 0 Å². The summed E-state index contributed by atoms with van der Waals surface area (Å²) in [5.41, 5.74) is 0.692. The van der Waals surface area contributed by atoms with Crippen molar-refractivity contribution in [1.29, 1.82) is 0 Å². The smallest absolute Gasteiger partial charge is 0.274 e. The largest absolute Gasteiger partial charge is 0.354 e. The van der Waals surface area contributed by atoms with Crippen LogP contribution in [0.3, 0.4) is 0 Å². The molecule has 1 amide bonds. The molecule has 1 aromatic heterocycles. The lowest BCUT2D eigenvalue weighted by Crippen LogP contribution is -2.58. The molecule has 1 saturated heterocycles. The SMILES string of the molecule is CCn1nc([C@H](C)C(=O)NCC2(N3CCCCC3)CCCCC2)c2ccccc2c1=O. The summed E-state index contributed by atoms with van der Waals surface area (Å²) in [7, 11) is 0. The van der Waals surface area contributed by atoms with Crippen LogP contribution in [0.15, 0.2) is 29.1 Å². The summed E-state index contributed by atoms with van der Waals surface area (Å²) in [5.74, 6) is -0.411. The van der Waals surface area contributed by atoms with Gasteiger partial charge in [-0.05, 0) is 58.7 Å². The van der Waals surface area contributed by atoms with Gasteiger partial charge in [-0.2, -0.15) is 5.10 Å². The standard InChI is InChI=1S/C25H36N4O2/c1-3-29-24(31)21-13-7-6-12-20(21)22(27-29)19(2)23(30)26-18-25(14-8-4-9-15-25)28-16-10-5-11-17-28/h6-7,12-13,19H,3-5,8-11,14-18H2,1-2H3,(H,26,30)/t19-/m0/s1. The van der Waals surface area contributed by atoms with Crippen molar-refractivity contribution in [2.45, 2.75) is 83.2 Å². The summed E-state index contributed by atoms with van der Waals surface area (Å²) in [6.07, 6.45) is 9.98. The molecule has 0 spiro atoms. The Morgan fingerprint density at radius 3 is 2.39 bits per heavy atom. The molecule has 1 saturated carbocycles. The summed E-state index contributed by atoms with van der Waals surface area (Å²) < 4.78 is 1.47. The number of amides is 1. The first-order chi connectivity index (χ1) is 15.1. The van der Waals surface area contributed by atoms with Gasteiger partial charge >= 0.3 is 0 Å². The minimum atomic E-state index is -0.412. The van der Waals surface area contributed by atoms with Gasteiger partial charge in [0, 0.05) is 24.0 Å². The lowest BCUT2D eigenvalue weighted by molar-refractivity contribution is -0.123. The van der Waals surface area contributed by atoms with E-state index in [1.165, 1.54) is 56.0 Å². The van der Waals surface area contributed by atoms with Crippen LogP contribution in [0.1, 0.15) is 76.8 Å². The van der Waals surface area contributed by atoms with Crippen molar-refractivity contribution in [1.82, 2.24) is 20.0 Å². The molecule has 2 aromatic rings. The van der Waals surface area contributed by atoms with Crippen LogP contribution in [0.2, 0.25) is 0 Å². The van der Waals surface area contributed by atoms with Crippen molar-refractivity contribution in [2.24, 2.45) is 0 Å². The van der Waals surface area contributed by atoms with Crippen molar-refractivity contribution in [3.63, 3.8) is 0 Å². The second-order valence-electron chi connectivity index (χ2n) is 9.32. The van der Waals surface area contributed by atoms with Gasteiger partial charge in [0.1, 0.15) is 0 Å². The number of fused-ring (bicyclic) bond motifs is 1. The van der Waals surface area contributed by atoms with E-state index in [-0.39, 0.29) is 17.0 Å². The summed E-state index contributed by atoms with van der Waals surface area (Å²) in [6, 6.07) is 7.50. The van der Waals surface area contributed by atoms with Gasteiger partial charge in [0.05, 0.1) is 17.0 Å². The molecule has 4 rings (SSSR count). The van der Waals surface area contributed by atoms with E-state index < -0.39 is 5.92 Å². The molecule has 2 aliphatic rings. The highest BCUT2D eigenvalue weighted by Gasteiger charge is 2.39. The third-order valence-electron chi connectivity index (χ3n) is 7.40. The van der Waals surface area contributed by atoms with E-state index in [2.05, 4.69) is 15.3 Å². The molecule has 6 heteroatoms. The lowest BCUT2D eigenvalue weighted by Gasteiger charge is -2.48. The minimum absolute atomic E-state index is 0.000845. The van der Waals surface area contributed by atoms with Gasteiger partial charge < -0.3 is 5.32 Å². The Hall–Kier alpha value is -2.21. The molecule has 1 aromatic carbocycles. The van der Waals surface area contributed by atoms with Gasteiger partial charge in [-0.3, -0.25) is 14.5 Å². The number of aryl methyl sites for hydroxylation is 1. The van der Waals surface area contributed by atoms with Crippen LogP contribution in [0.4, 0.5) is 0 Å². The van der Waals surface area contributed by atoms with Gasteiger partial charge in [-0.15, -0.1) is 0 Å². The molecule has 1 aliphatic carbocycles. The normalized spacial score (nSPS) is 20.5. The minimum Gasteiger partial charge on any atom is -0.354 e. The number of nitrogens with one attached hydrogen (secondary N) is 1. The van der Waals surface area contributed by atoms with Crippen LogP contribution in [0, 0.1) is 0 Å². The number of rotatable bonds is 6. The zero-order chi connectivity index (χ0) is 21.8. The zero-order valence-corrected chi connectivity index (χ0v) is 19.0. The number of likely N-dealkylation sites (tertiary alicyclic amines) is 1. The molecule has 31 heavy (non-hydrogen) atoms. The fourth-order valence-corrected chi connectivity index (χ4v) is 5.51. The zero-order valence-electron chi connectivity index (χ0n) is 19.0. The van der Waals surface area contributed by atoms with E-state index in [1.54, 1.807) is 0 Å². The number of piperidine rings is 1. The maximum Gasteiger partial charge on any atom is 0.274 e. The van der Waals surface area contributed by atoms with E-state index in [4.69, 9.17) is 0 Å². The summed E-state index contributed by atoms with van der Waals surface area (Å²) >= 11 is 0. The van der Waals surface area contributed by atoms with Gasteiger partial charge in [0.2, 0.25) is 5.91 Å². The van der Waals surface area contributed by atoms with Crippen LogP contribution in [0.25, 0.3) is 10.8 Å². The number of nitrogens with zero attached hydrogens (tertiary/aromatic N) is 3. The number of benzene rings is 1. The van der Waals surface area contributed by atoms with Crippen LogP contribution < -0.4 is 10.9 Å². The second-order valence-corrected chi connectivity index (χ2v) is 9.32. The van der Waals surface area contributed by atoms with Crippen LogP contribution in [-0.2, 0) is 11.3 Å². The Morgan fingerprint density at radius 1 is 1.06 bits per heavy atom. The predicted molar refractivity (Wildman–Crippen MR) is 124 cm³/mol. The summed E-state index contributed by atoms with van der Waals surface area (Å²) in [6.45, 7) is 7.31. The van der Waals surface area contributed by atoms with E-state index in [0.717, 1.165) is 18.5 Å². The lowest BCUT2D eigenvalue weighted by atomic mass is 9.79. The fraction of sp³-hybridized carbons (Fsp3) is 0.640. The number of aromatic nitrogens is 2. The monoisotopic (exact) mass is 424 g/mol. The van der Waals surface area contributed by atoms with Crippen LogP contribution in [-0.4, -0.2) is 45.8 Å². The fourth-order valence-electron chi connectivity index (χ4n) is 5.51. The highest BCUT2D eigenvalue weighted by molar-refractivity contribution is 5.91. The molecule has 2 fully saturated rings. The van der Waals surface area contributed by atoms with Gasteiger partial charge in [0.25, 0.3) is 5.56 Å². The topological polar surface area (TPSA) is 67.2 Å². The molecule has 0 unspecified atom stereocenters. The molecular formula is C25H36N4O2. The van der Waals surface area contributed by atoms with Gasteiger partial charge in [-0.25, -0.2) is 4.68 Å². The third-order valence-corrected chi connectivity index (χ3v) is 7.40. The van der Waals surface area contributed by atoms with Crippen molar-refractivity contribution < 1.29 is 4.79 Å². The molecule has 1 N–H and O–H groups in total. The highest BCUT2D eigenvalue weighted by Crippen LogP contribution is 2.35. The Kier molecular flexibility index (Phi) is 6.75. The van der Waals surface area contributed by atoms with Gasteiger partial charge in [-0.1, -0.05) is 43.9 Å². The van der Waals surface area contributed by atoms with E-state index >= 15 is 0 Å². The first kappa shape index (κ1) is 22.0. The maximum atomic E-state index is 13.3. The molecule has 6 nitrogen and oxygen atoms in total. The third kappa shape index (κ3) is 4.40. The Labute approximate surface area is 185 Å². The van der Waals surface area contributed by atoms with E-state index in [1.807, 2.05) is 38.1 Å². The van der Waals surface area contributed by atoms with Crippen molar-refractivity contribution in [3.8, 4) is 0 Å². The number of carbonyl (C=O) groups is 1. The quantitative estimate of drug-likeness (QED) is 0.765. The average Bonchev–Trinajstić information content (AvgIpc) is 2.83.